The number of nitrogens with zero attached hydrogens (tertiary/aromatic N) is 1. The normalized spacial score (nSPS) is 23.4. The fourth-order valence-electron chi connectivity index (χ4n) is 2.56. The lowest BCUT2D eigenvalue weighted by atomic mass is 10.2. The standard InChI is InChI=1S/C12H17N3O4S2/c1-7-11(20-12(17)13-7)21(18,19)15-6-2-3-9(15)10(16)14-8-4-5-8/h8-9H,2-6H2,1H3,(H,13,17)(H,14,16)/t9-/m0/s1. The van der Waals surface area contributed by atoms with Gasteiger partial charge in [0.05, 0.1) is 0 Å². The topological polar surface area (TPSA) is 99.3 Å². The second kappa shape index (κ2) is 5.22. The number of thiazole rings is 1. The zero-order chi connectivity index (χ0) is 15.2. The summed E-state index contributed by atoms with van der Waals surface area (Å²) in [5.41, 5.74) is 0.332. The Morgan fingerprint density at radius 2 is 2.10 bits per heavy atom. The van der Waals surface area contributed by atoms with Gasteiger partial charge < -0.3 is 10.3 Å². The van der Waals surface area contributed by atoms with Gasteiger partial charge in [0.15, 0.2) is 4.21 Å². The molecule has 1 amide bonds. The fourth-order valence-corrected chi connectivity index (χ4v) is 5.63. The SMILES string of the molecule is Cc1[nH]c(=O)sc1S(=O)(=O)N1CCC[C@H]1C(=O)NC1CC1. The fraction of sp³-hybridized carbons (Fsp3) is 0.667. The molecule has 0 radical (unpaired) electrons. The van der Waals surface area contributed by atoms with Crippen molar-refractivity contribution in [1.82, 2.24) is 14.6 Å². The predicted molar refractivity (Wildman–Crippen MR) is 77.8 cm³/mol. The van der Waals surface area contributed by atoms with E-state index in [1.807, 2.05) is 0 Å². The van der Waals surface area contributed by atoms with Crippen molar-refractivity contribution in [2.45, 2.75) is 48.9 Å². The van der Waals surface area contributed by atoms with E-state index in [-0.39, 0.29) is 16.2 Å². The summed E-state index contributed by atoms with van der Waals surface area (Å²) in [6, 6.07) is -0.458. The van der Waals surface area contributed by atoms with Crippen LogP contribution in [0.3, 0.4) is 0 Å². The largest absolute Gasteiger partial charge is 0.352 e. The van der Waals surface area contributed by atoms with Gasteiger partial charge in [-0.25, -0.2) is 8.42 Å². The number of amides is 1. The number of aromatic nitrogens is 1. The van der Waals surface area contributed by atoms with E-state index in [4.69, 9.17) is 0 Å². The van der Waals surface area contributed by atoms with Gasteiger partial charge in [-0.15, -0.1) is 0 Å². The van der Waals surface area contributed by atoms with Crippen LogP contribution >= 0.6 is 11.3 Å². The number of hydrogen-bond acceptors (Lipinski definition) is 5. The third kappa shape index (κ3) is 2.77. The Kier molecular flexibility index (Phi) is 3.66. The van der Waals surface area contributed by atoms with E-state index in [2.05, 4.69) is 10.3 Å². The lowest BCUT2D eigenvalue weighted by molar-refractivity contribution is -0.124. The van der Waals surface area contributed by atoms with Crippen LogP contribution in [0.4, 0.5) is 0 Å². The highest BCUT2D eigenvalue weighted by Crippen LogP contribution is 2.29. The minimum Gasteiger partial charge on any atom is -0.352 e. The molecule has 2 fully saturated rings. The number of nitrogens with one attached hydrogen (secondary N) is 2. The molecule has 1 saturated carbocycles. The molecule has 1 atom stereocenters. The molecule has 1 aromatic rings. The van der Waals surface area contributed by atoms with Gasteiger partial charge in [-0.2, -0.15) is 4.31 Å². The molecule has 21 heavy (non-hydrogen) atoms. The molecule has 9 heteroatoms. The van der Waals surface area contributed by atoms with Crippen LogP contribution in [0.25, 0.3) is 0 Å². The molecule has 2 heterocycles. The van der Waals surface area contributed by atoms with E-state index < -0.39 is 20.9 Å². The monoisotopic (exact) mass is 331 g/mol. The molecular weight excluding hydrogens is 314 g/mol. The van der Waals surface area contributed by atoms with Crippen LogP contribution in [0.2, 0.25) is 0 Å². The number of H-pyrrole nitrogens is 1. The molecule has 0 spiro atoms. The molecule has 1 aromatic heterocycles. The Morgan fingerprint density at radius 1 is 1.38 bits per heavy atom. The van der Waals surface area contributed by atoms with Crippen LogP contribution in [0, 0.1) is 6.92 Å². The van der Waals surface area contributed by atoms with Crippen molar-refractivity contribution in [2.24, 2.45) is 0 Å². The van der Waals surface area contributed by atoms with Crippen LogP contribution in [-0.2, 0) is 14.8 Å². The molecule has 3 rings (SSSR count). The molecule has 1 aliphatic carbocycles. The van der Waals surface area contributed by atoms with Crippen molar-refractivity contribution < 1.29 is 13.2 Å². The number of carbonyl (C=O) groups excluding carboxylic acids is 1. The molecule has 2 N–H and O–H groups in total. The Labute approximate surface area is 126 Å². The van der Waals surface area contributed by atoms with Crippen molar-refractivity contribution in [3.05, 3.63) is 15.4 Å². The Balaban J connectivity index is 1.88. The van der Waals surface area contributed by atoms with Crippen molar-refractivity contribution in [3.63, 3.8) is 0 Å². The average Bonchev–Trinajstić information content (AvgIpc) is 2.95. The lowest BCUT2D eigenvalue weighted by Crippen LogP contribution is -2.46. The molecule has 116 valence electrons. The molecule has 0 unspecified atom stereocenters. The summed E-state index contributed by atoms with van der Waals surface area (Å²) in [6.07, 6.45) is 3.10. The molecule has 0 bridgehead atoms. The number of carbonyl (C=O) groups is 1. The van der Waals surface area contributed by atoms with E-state index in [0.29, 0.717) is 36.4 Å². The number of hydrogen-bond donors (Lipinski definition) is 2. The quantitative estimate of drug-likeness (QED) is 0.822. The first-order valence-corrected chi connectivity index (χ1v) is 9.17. The van der Waals surface area contributed by atoms with Gasteiger partial charge in [0.25, 0.3) is 10.0 Å². The van der Waals surface area contributed by atoms with Crippen LogP contribution in [-0.4, -0.2) is 42.2 Å². The minimum atomic E-state index is -3.80. The second-order valence-corrected chi connectivity index (χ2v) is 8.55. The van der Waals surface area contributed by atoms with Crippen molar-refractivity contribution in [3.8, 4) is 0 Å². The Hall–Kier alpha value is -1.19. The minimum absolute atomic E-state index is 0.0126. The maximum absolute atomic E-state index is 12.7. The first kappa shape index (κ1) is 14.7. The summed E-state index contributed by atoms with van der Waals surface area (Å²) in [5.74, 6) is -0.223. The number of aryl methyl sites for hydroxylation is 1. The van der Waals surface area contributed by atoms with Crippen LogP contribution in [0.1, 0.15) is 31.4 Å². The van der Waals surface area contributed by atoms with E-state index in [9.17, 15) is 18.0 Å². The zero-order valence-corrected chi connectivity index (χ0v) is 13.2. The maximum atomic E-state index is 12.7. The first-order valence-electron chi connectivity index (χ1n) is 6.91. The van der Waals surface area contributed by atoms with Crippen molar-refractivity contribution in [1.29, 1.82) is 0 Å². The third-order valence-corrected chi connectivity index (χ3v) is 7.24. The van der Waals surface area contributed by atoms with Crippen molar-refractivity contribution >= 4 is 27.3 Å². The Morgan fingerprint density at radius 3 is 2.67 bits per heavy atom. The molecule has 1 saturated heterocycles. The van der Waals surface area contributed by atoms with Gasteiger partial charge in [-0.3, -0.25) is 9.59 Å². The van der Waals surface area contributed by atoms with Gasteiger partial charge in [-0.1, -0.05) is 11.3 Å². The van der Waals surface area contributed by atoms with Crippen molar-refractivity contribution in [2.75, 3.05) is 6.54 Å². The summed E-state index contributed by atoms with van der Waals surface area (Å²) in [4.78, 5) is 25.6. The lowest BCUT2D eigenvalue weighted by Gasteiger charge is -2.22. The highest BCUT2D eigenvalue weighted by molar-refractivity contribution is 7.91. The smallest absolute Gasteiger partial charge is 0.305 e. The molecular formula is C12H17N3O4S2. The second-order valence-electron chi connectivity index (χ2n) is 5.48. The summed E-state index contributed by atoms with van der Waals surface area (Å²) >= 11 is 0.676. The van der Waals surface area contributed by atoms with Crippen LogP contribution in [0.5, 0.6) is 0 Å². The molecule has 0 aromatic carbocycles. The zero-order valence-electron chi connectivity index (χ0n) is 11.6. The molecule has 1 aliphatic heterocycles. The highest BCUT2D eigenvalue weighted by Gasteiger charge is 2.42. The third-order valence-electron chi connectivity index (χ3n) is 3.75. The van der Waals surface area contributed by atoms with Gasteiger partial charge in [0.2, 0.25) is 5.91 Å². The summed E-state index contributed by atoms with van der Waals surface area (Å²) < 4.78 is 26.6. The summed E-state index contributed by atoms with van der Waals surface area (Å²) in [5, 5.41) is 2.86. The van der Waals surface area contributed by atoms with E-state index >= 15 is 0 Å². The Bertz CT molecular complexity index is 717. The van der Waals surface area contributed by atoms with Crippen LogP contribution < -0.4 is 10.2 Å². The van der Waals surface area contributed by atoms with E-state index in [0.717, 1.165) is 12.8 Å². The molecule has 2 aliphatic rings. The predicted octanol–water partition coefficient (Wildman–Crippen LogP) is 0.177. The summed E-state index contributed by atoms with van der Waals surface area (Å²) in [7, 11) is -3.80. The van der Waals surface area contributed by atoms with Gasteiger partial charge in [0.1, 0.15) is 6.04 Å². The summed E-state index contributed by atoms with van der Waals surface area (Å²) in [6.45, 7) is 1.87. The maximum Gasteiger partial charge on any atom is 0.305 e. The first-order chi connectivity index (χ1) is 9.89. The van der Waals surface area contributed by atoms with Crippen LogP contribution in [0.15, 0.2) is 9.00 Å². The number of aromatic amines is 1. The average molecular weight is 331 g/mol. The molecule has 7 nitrogen and oxygen atoms in total. The van der Waals surface area contributed by atoms with Gasteiger partial charge in [-0.05, 0) is 32.6 Å². The van der Waals surface area contributed by atoms with Gasteiger partial charge >= 0.3 is 4.87 Å². The highest BCUT2D eigenvalue weighted by atomic mass is 32.2. The number of sulfonamides is 1. The van der Waals surface area contributed by atoms with Gasteiger partial charge in [0, 0.05) is 18.3 Å². The number of rotatable bonds is 4. The van der Waals surface area contributed by atoms with E-state index in [1.165, 1.54) is 4.31 Å². The van der Waals surface area contributed by atoms with E-state index in [1.54, 1.807) is 6.92 Å².